The van der Waals surface area contributed by atoms with E-state index in [0.717, 1.165) is 16.3 Å². The Morgan fingerprint density at radius 1 is 1.47 bits per heavy atom. The Bertz CT molecular complexity index is 413. The highest BCUT2D eigenvalue weighted by Crippen LogP contribution is 2.16. The van der Waals surface area contributed by atoms with Crippen LogP contribution in [0.2, 0.25) is 5.02 Å². The van der Waals surface area contributed by atoms with Crippen LogP contribution in [0.3, 0.4) is 0 Å². The summed E-state index contributed by atoms with van der Waals surface area (Å²) in [6, 6.07) is 7.67. The maximum atomic E-state index is 11.7. The van der Waals surface area contributed by atoms with E-state index in [1.165, 1.54) is 0 Å². The lowest BCUT2D eigenvalue weighted by Crippen LogP contribution is -2.49. The van der Waals surface area contributed by atoms with Crippen molar-refractivity contribution in [3.05, 3.63) is 34.9 Å². The van der Waals surface area contributed by atoms with Crippen molar-refractivity contribution in [2.24, 2.45) is 5.73 Å². The first-order chi connectivity index (χ1) is 8.43. The molecule has 1 rings (SSSR count). The summed E-state index contributed by atoms with van der Waals surface area (Å²) in [4.78, 5) is 11.7. The number of hydrogen-bond acceptors (Lipinski definition) is 3. The standard InChI is InChI=1S/C13H19ClN2OS.ClH/c1-13(2,9-15)16-12(17)8-18-7-10-4-3-5-11(14)6-10;/h3-6H,7-9,15H2,1-2H3,(H,16,17);1H. The smallest absolute Gasteiger partial charge is 0.230 e. The van der Waals surface area contributed by atoms with E-state index in [-0.39, 0.29) is 23.9 Å². The Labute approximate surface area is 130 Å². The van der Waals surface area contributed by atoms with Gasteiger partial charge in [0.25, 0.3) is 0 Å². The maximum absolute atomic E-state index is 11.7. The Kier molecular flexibility index (Phi) is 8.50. The molecule has 0 unspecified atom stereocenters. The van der Waals surface area contributed by atoms with E-state index in [1.54, 1.807) is 11.8 Å². The van der Waals surface area contributed by atoms with Crippen molar-refractivity contribution in [1.29, 1.82) is 0 Å². The fourth-order valence-corrected chi connectivity index (χ4v) is 2.34. The lowest BCUT2D eigenvalue weighted by Gasteiger charge is -2.24. The zero-order valence-electron chi connectivity index (χ0n) is 11.1. The Morgan fingerprint density at radius 3 is 2.74 bits per heavy atom. The molecule has 1 amide bonds. The molecule has 0 spiro atoms. The quantitative estimate of drug-likeness (QED) is 0.846. The van der Waals surface area contributed by atoms with Gasteiger partial charge in [0, 0.05) is 22.9 Å². The van der Waals surface area contributed by atoms with Gasteiger partial charge in [0.2, 0.25) is 5.91 Å². The number of halogens is 2. The van der Waals surface area contributed by atoms with Crippen LogP contribution < -0.4 is 11.1 Å². The molecule has 0 fully saturated rings. The molecule has 19 heavy (non-hydrogen) atoms. The minimum Gasteiger partial charge on any atom is -0.349 e. The van der Waals surface area contributed by atoms with Gasteiger partial charge in [-0.2, -0.15) is 0 Å². The molecule has 0 saturated carbocycles. The van der Waals surface area contributed by atoms with E-state index in [0.29, 0.717) is 12.3 Å². The minimum atomic E-state index is -0.340. The second-order valence-electron chi connectivity index (χ2n) is 4.76. The summed E-state index contributed by atoms with van der Waals surface area (Å²) in [5.41, 5.74) is 6.34. The topological polar surface area (TPSA) is 55.1 Å². The number of nitrogens with one attached hydrogen (secondary N) is 1. The molecule has 108 valence electrons. The average molecular weight is 323 g/mol. The number of benzene rings is 1. The molecule has 3 nitrogen and oxygen atoms in total. The summed E-state index contributed by atoms with van der Waals surface area (Å²) in [5.74, 6) is 1.21. The predicted molar refractivity (Wildman–Crippen MR) is 86.1 cm³/mol. The summed E-state index contributed by atoms with van der Waals surface area (Å²) >= 11 is 7.45. The van der Waals surface area contributed by atoms with Crippen molar-refractivity contribution in [3.8, 4) is 0 Å². The molecule has 0 bridgehead atoms. The number of nitrogens with two attached hydrogens (primary N) is 1. The summed E-state index contributed by atoms with van der Waals surface area (Å²) in [7, 11) is 0. The number of thioether (sulfide) groups is 1. The van der Waals surface area contributed by atoms with E-state index >= 15 is 0 Å². The van der Waals surface area contributed by atoms with Crippen LogP contribution in [-0.2, 0) is 10.5 Å². The molecular weight excluding hydrogens is 303 g/mol. The van der Waals surface area contributed by atoms with Gasteiger partial charge < -0.3 is 11.1 Å². The fourth-order valence-electron chi connectivity index (χ4n) is 1.35. The van der Waals surface area contributed by atoms with Crippen molar-refractivity contribution in [2.45, 2.75) is 25.1 Å². The molecule has 0 atom stereocenters. The SMILES string of the molecule is CC(C)(CN)NC(=O)CSCc1cccc(Cl)c1.Cl. The molecule has 0 aliphatic rings. The summed E-state index contributed by atoms with van der Waals surface area (Å²) in [6.45, 7) is 4.25. The molecule has 1 aromatic carbocycles. The van der Waals surface area contributed by atoms with Gasteiger partial charge >= 0.3 is 0 Å². The van der Waals surface area contributed by atoms with Gasteiger partial charge in [0.05, 0.1) is 5.75 Å². The molecule has 0 aromatic heterocycles. The Hall–Kier alpha value is -0.420. The highest BCUT2D eigenvalue weighted by atomic mass is 35.5. The minimum absolute atomic E-state index is 0. The summed E-state index contributed by atoms with van der Waals surface area (Å²) in [6.07, 6.45) is 0. The highest BCUT2D eigenvalue weighted by Gasteiger charge is 2.17. The molecule has 3 N–H and O–H groups in total. The number of carbonyl (C=O) groups is 1. The molecule has 0 heterocycles. The highest BCUT2D eigenvalue weighted by molar-refractivity contribution is 7.99. The van der Waals surface area contributed by atoms with Gasteiger partial charge in [-0.05, 0) is 31.5 Å². The van der Waals surface area contributed by atoms with Crippen molar-refractivity contribution >= 4 is 41.7 Å². The van der Waals surface area contributed by atoms with Gasteiger partial charge in [-0.15, -0.1) is 24.2 Å². The molecule has 1 aromatic rings. The first-order valence-electron chi connectivity index (χ1n) is 5.76. The number of amides is 1. The number of carbonyl (C=O) groups excluding carboxylic acids is 1. The van der Waals surface area contributed by atoms with Crippen molar-refractivity contribution in [1.82, 2.24) is 5.32 Å². The number of rotatable bonds is 6. The van der Waals surface area contributed by atoms with Crippen LogP contribution in [0.25, 0.3) is 0 Å². The third-order valence-corrected chi connectivity index (χ3v) is 3.62. The van der Waals surface area contributed by atoms with Crippen LogP contribution >= 0.6 is 35.8 Å². The zero-order valence-corrected chi connectivity index (χ0v) is 13.5. The molecule has 0 aliphatic carbocycles. The Balaban J connectivity index is 0.00000324. The second-order valence-corrected chi connectivity index (χ2v) is 6.18. The van der Waals surface area contributed by atoms with Crippen LogP contribution in [0.5, 0.6) is 0 Å². The summed E-state index contributed by atoms with van der Waals surface area (Å²) in [5, 5.41) is 3.62. The van der Waals surface area contributed by atoms with Crippen LogP contribution in [0.15, 0.2) is 24.3 Å². The average Bonchev–Trinajstić information content (AvgIpc) is 2.28. The van der Waals surface area contributed by atoms with Crippen LogP contribution in [0.4, 0.5) is 0 Å². The molecule has 0 aliphatic heterocycles. The van der Waals surface area contributed by atoms with Crippen molar-refractivity contribution in [2.75, 3.05) is 12.3 Å². The number of hydrogen-bond donors (Lipinski definition) is 2. The van der Waals surface area contributed by atoms with E-state index in [9.17, 15) is 4.79 Å². The van der Waals surface area contributed by atoms with E-state index in [1.807, 2.05) is 38.1 Å². The monoisotopic (exact) mass is 322 g/mol. The molecule has 0 saturated heterocycles. The molecule has 6 heteroatoms. The normalized spacial score (nSPS) is 10.7. The van der Waals surface area contributed by atoms with Gasteiger partial charge in [-0.25, -0.2) is 0 Å². The van der Waals surface area contributed by atoms with Crippen molar-refractivity contribution < 1.29 is 4.79 Å². The van der Waals surface area contributed by atoms with Gasteiger partial charge in [0.15, 0.2) is 0 Å². The van der Waals surface area contributed by atoms with Crippen LogP contribution in [0, 0.1) is 0 Å². The maximum Gasteiger partial charge on any atom is 0.230 e. The Morgan fingerprint density at radius 2 is 2.16 bits per heavy atom. The van der Waals surface area contributed by atoms with E-state index < -0.39 is 0 Å². The summed E-state index contributed by atoms with van der Waals surface area (Å²) < 4.78 is 0. The second kappa shape index (κ2) is 8.69. The third kappa shape index (κ3) is 7.67. The zero-order chi connectivity index (χ0) is 13.6. The molecule has 0 radical (unpaired) electrons. The molecular formula is C13H20Cl2N2OS. The van der Waals surface area contributed by atoms with Gasteiger partial charge in [-0.3, -0.25) is 4.79 Å². The lowest BCUT2D eigenvalue weighted by molar-refractivity contribution is -0.120. The fraction of sp³-hybridized carbons (Fsp3) is 0.462. The van der Waals surface area contributed by atoms with E-state index in [2.05, 4.69) is 5.32 Å². The third-order valence-electron chi connectivity index (χ3n) is 2.38. The van der Waals surface area contributed by atoms with E-state index in [4.69, 9.17) is 17.3 Å². The first-order valence-corrected chi connectivity index (χ1v) is 7.29. The first kappa shape index (κ1) is 18.6. The van der Waals surface area contributed by atoms with Crippen LogP contribution in [-0.4, -0.2) is 23.7 Å². The predicted octanol–water partition coefficient (Wildman–Crippen LogP) is 2.85. The van der Waals surface area contributed by atoms with Crippen molar-refractivity contribution in [3.63, 3.8) is 0 Å². The van der Waals surface area contributed by atoms with Gasteiger partial charge in [-0.1, -0.05) is 23.7 Å². The largest absolute Gasteiger partial charge is 0.349 e. The van der Waals surface area contributed by atoms with Crippen LogP contribution in [0.1, 0.15) is 19.4 Å². The lowest BCUT2D eigenvalue weighted by atomic mass is 10.1. The van der Waals surface area contributed by atoms with Gasteiger partial charge in [0.1, 0.15) is 0 Å².